The predicted molar refractivity (Wildman–Crippen MR) is 111 cm³/mol. The van der Waals surface area contributed by atoms with Crippen LogP contribution in [0, 0.1) is 0 Å². The highest BCUT2D eigenvalue weighted by Gasteiger charge is 2.34. The molecule has 2 rings (SSSR count). The summed E-state index contributed by atoms with van der Waals surface area (Å²) >= 11 is 1.26. The molecule has 0 aliphatic carbocycles. The number of esters is 1. The van der Waals surface area contributed by atoms with Crippen LogP contribution < -0.4 is 0 Å². The molecule has 1 aromatic carbocycles. The van der Waals surface area contributed by atoms with Gasteiger partial charge in [0.2, 0.25) is 10.0 Å². The van der Waals surface area contributed by atoms with Gasteiger partial charge in [-0.2, -0.15) is 17.5 Å². The van der Waals surface area contributed by atoms with Crippen LogP contribution in [0.15, 0.2) is 34.5 Å². The SMILES string of the molecule is CCOC(=O)CCc1sccc1-c1cc(C(F)(F)F)cc(S(=O)(=O)N(C)C[C@H](C)O)c1. The molecule has 0 unspecified atom stereocenters. The van der Waals surface area contributed by atoms with Gasteiger partial charge in [0.05, 0.1) is 29.6 Å². The summed E-state index contributed by atoms with van der Waals surface area (Å²) in [5, 5.41) is 11.1. The zero-order valence-electron chi connectivity index (χ0n) is 17.3. The van der Waals surface area contributed by atoms with Gasteiger partial charge in [-0.1, -0.05) is 0 Å². The van der Waals surface area contributed by atoms with Gasteiger partial charge in [0.1, 0.15) is 0 Å². The van der Waals surface area contributed by atoms with E-state index in [1.165, 1.54) is 31.4 Å². The van der Waals surface area contributed by atoms with Gasteiger partial charge in [-0.15, -0.1) is 11.3 Å². The number of alkyl halides is 3. The summed E-state index contributed by atoms with van der Waals surface area (Å²) in [6, 6.07) is 4.25. The van der Waals surface area contributed by atoms with Gasteiger partial charge in [0.25, 0.3) is 0 Å². The topological polar surface area (TPSA) is 83.9 Å². The maximum atomic E-state index is 13.5. The Labute approximate surface area is 183 Å². The highest BCUT2D eigenvalue weighted by atomic mass is 32.2. The monoisotopic (exact) mass is 479 g/mol. The lowest BCUT2D eigenvalue weighted by molar-refractivity contribution is -0.143. The van der Waals surface area contributed by atoms with Crippen LogP contribution in [0.2, 0.25) is 0 Å². The van der Waals surface area contributed by atoms with Crippen molar-refractivity contribution >= 4 is 27.3 Å². The van der Waals surface area contributed by atoms with E-state index in [1.807, 2.05) is 0 Å². The lowest BCUT2D eigenvalue weighted by Gasteiger charge is -2.20. The van der Waals surface area contributed by atoms with E-state index in [1.54, 1.807) is 18.4 Å². The van der Waals surface area contributed by atoms with Gasteiger partial charge in [0.15, 0.2) is 0 Å². The average Bonchev–Trinajstić information content (AvgIpc) is 3.13. The van der Waals surface area contributed by atoms with Crippen LogP contribution >= 0.6 is 11.3 Å². The van der Waals surface area contributed by atoms with Crippen LogP contribution in [0.25, 0.3) is 11.1 Å². The molecular formula is C20H24F3NO5S2. The van der Waals surface area contributed by atoms with Crippen molar-refractivity contribution < 1.29 is 36.2 Å². The molecule has 1 atom stereocenters. The summed E-state index contributed by atoms with van der Waals surface area (Å²) in [4.78, 5) is 11.8. The quantitative estimate of drug-likeness (QED) is 0.551. The molecule has 2 aromatic rings. The van der Waals surface area contributed by atoms with Crippen molar-refractivity contribution in [1.29, 1.82) is 0 Å². The predicted octanol–water partition coefficient (Wildman–Crippen LogP) is 3.93. The molecule has 0 bridgehead atoms. The molecule has 6 nitrogen and oxygen atoms in total. The second-order valence-electron chi connectivity index (χ2n) is 6.94. The molecule has 0 amide bonds. The van der Waals surface area contributed by atoms with Gasteiger partial charge >= 0.3 is 12.1 Å². The smallest absolute Gasteiger partial charge is 0.416 e. The number of halogens is 3. The second kappa shape index (κ2) is 10.1. The number of aliphatic hydroxyl groups excluding tert-OH is 1. The fraction of sp³-hybridized carbons (Fsp3) is 0.450. The molecule has 0 aliphatic rings. The highest BCUT2D eigenvalue weighted by Crippen LogP contribution is 2.37. The zero-order chi connectivity index (χ0) is 23.4. The third-order valence-electron chi connectivity index (χ3n) is 4.38. The molecule has 31 heavy (non-hydrogen) atoms. The van der Waals surface area contributed by atoms with Crippen LogP contribution in [0.3, 0.4) is 0 Å². The molecule has 11 heteroatoms. The minimum atomic E-state index is -4.76. The lowest BCUT2D eigenvalue weighted by atomic mass is 10.0. The van der Waals surface area contributed by atoms with E-state index in [0.717, 1.165) is 10.4 Å². The molecule has 1 aromatic heterocycles. The van der Waals surface area contributed by atoms with Crippen LogP contribution in [0.5, 0.6) is 0 Å². The van der Waals surface area contributed by atoms with Crippen LogP contribution in [0.1, 0.15) is 30.7 Å². The van der Waals surface area contributed by atoms with Crippen molar-refractivity contribution in [2.45, 2.75) is 43.9 Å². The molecule has 1 N–H and O–H groups in total. The Balaban J connectivity index is 2.52. The van der Waals surface area contributed by atoms with Gasteiger partial charge in [-0.3, -0.25) is 4.79 Å². The number of hydrogen-bond acceptors (Lipinski definition) is 6. The number of aliphatic hydroxyl groups is 1. The van der Waals surface area contributed by atoms with Crippen LogP contribution in [-0.4, -0.2) is 50.1 Å². The minimum Gasteiger partial charge on any atom is -0.466 e. The van der Waals surface area contributed by atoms with Crippen LogP contribution in [-0.2, 0) is 32.2 Å². The van der Waals surface area contributed by atoms with Crippen molar-refractivity contribution in [3.05, 3.63) is 40.1 Å². The summed E-state index contributed by atoms with van der Waals surface area (Å²) in [5.74, 6) is -0.422. The Bertz CT molecular complexity index is 1020. The molecule has 0 saturated carbocycles. The fourth-order valence-corrected chi connectivity index (χ4v) is 5.18. The van der Waals surface area contributed by atoms with E-state index in [0.29, 0.717) is 16.5 Å². The number of ether oxygens (including phenoxy) is 1. The maximum Gasteiger partial charge on any atom is 0.416 e. The molecule has 0 spiro atoms. The second-order valence-corrected chi connectivity index (χ2v) is 9.99. The average molecular weight is 480 g/mol. The van der Waals surface area contributed by atoms with E-state index < -0.39 is 38.7 Å². The number of sulfonamides is 1. The van der Waals surface area contributed by atoms with Gasteiger partial charge in [-0.25, -0.2) is 8.42 Å². The van der Waals surface area contributed by atoms with Crippen molar-refractivity contribution in [3.63, 3.8) is 0 Å². The fourth-order valence-electron chi connectivity index (χ4n) is 2.96. The molecular weight excluding hydrogens is 455 g/mol. The van der Waals surface area contributed by atoms with Crippen molar-refractivity contribution in [1.82, 2.24) is 4.31 Å². The van der Waals surface area contributed by atoms with E-state index in [9.17, 15) is 31.5 Å². The number of hydrogen-bond donors (Lipinski definition) is 1. The lowest BCUT2D eigenvalue weighted by Crippen LogP contribution is -2.33. The number of nitrogens with zero attached hydrogens (tertiary/aromatic N) is 1. The van der Waals surface area contributed by atoms with Crippen LogP contribution in [0.4, 0.5) is 13.2 Å². The van der Waals surface area contributed by atoms with E-state index in [2.05, 4.69) is 0 Å². The van der Waals surface area contributed by atoms with Crippen molar-refractivity contribution in [2.75, 3.05) is 20.2 Å². The molecule has 0 fully saturated rings. The highest BCUT2D eigenvalue weighted by molar-refractivity contribution is 7.89. The number of carbonyl (C=O) groups is 1. The Morgan fingerprint density at radius 3 is 2.55 bits per heavy atom. The zero-order valence-corrected chi connectivity index (χ0v) is 18.9. The normalized spacial score (nSPS) is 13.4. The minimum absolute atomic E-state index is 0.0581. The number of benzene rings is 1. The van der Waals surface area contributed by atoms with Gasteiger partial charge in [0, 0.05) is 18.5 Å². The maximum absolute atomic E-state index is 13.5. The molecule has 172 valence electrons. The molecule has 0 saturated heterocycles. The van der Waals surface area contributed by atoms with Gasteiger partial charge < -0.3 is 9.84 Å². The third kappa shape index (κ3) is 6.52. The summed E-state index contributed by atoms with van der Waals surface area (Å²) in [5.41, 5.74) is -0.592. The first kappa shape index (κ1) is 25.3. The number of rotatable bonds is 9. The summed E-state index contributed by atoms with van der Waals surface area (Å²) in [6.07, 6.45) is -5.43. The summed E-state index contributed by atoms with van der Waals surface area (Å²) in [6.45, 7) is 3.01. The standard InChI is InChI=1S/C20H24F3NO5S2/c1-4-29-19(26)6-5-18-17(7-8-30-18)14-9-15(20(21,22)23)11-16(10-14)31(27,28)24(3)12-13(2)25/h7-11,13,25H,4-6,12H2,1-3H3/t13-/m0/s1. The summed E-state index contributed by atoms with van der Waals surface area (Å²) in [7, 11) is -3.08. The first-order valence-electron chi connectivity index (χ1n) is 9.45. The number of carbonyl (C=O) groups excluding carboxylic acids is 1. The van der Waals surface area contributed by atoms with E-state index in [-0.39, 0.29) is 31.6 Å². The van der Waals surface area contributed by atoms with Crippen molar-refractivity contribution in [2.24, 2.45) is 0 Å². The first-order valence-corrected chi connectivity index (χ1v) is 11.8. The Morgan fingerprint density at radius 1 is 1.29 bits per heavy atom. The van der Waals surface area contributed by atoms with E-state index in [4.69, 9.17) is 4.74 Å². The van der Waals surface area contributed by atoms with Gasteiger partial charge in [-0.05, 0) is 61.0 Å². The molecule has 1 heterocycles. The Morgan fingerprint density at radius 2 is 1.97 bits per heavy atom. The first-order chi connectivity index (χ1) is 14.4. The number of thiophene rings is 1. The summed E-state index contributed by atoms with van der Waals surface area (Å²) < 4.78 is 71.9. The molecule has 0 radical (unpaired) electrons. The third-order valence-corrected chi connectivity index (χ3v) is 7.16. The Hall–Kier alpha value is -1.95. The molecule has 0 aliphatic heterocycles. The number of aryl methyl sites for hydroxylation is 1. The number of likely N-dealkylation sites (N-methyl/N-ethyl adjacent to an activating group) is 1. The van der Waals surface area contributed by atoms with Crippen molar-refractivity contribution in [3.8, 4) is 11.1 Å². The largest absolute Gasteiger partial charge is 0.466 e. The van der Waals surface area contributed by atoms with E-state index >= 15 is 0 Å². The Kier molecular flexibility index (Phi) is 8.26.